The number of aliphatic hydroxyl groups excluding tert-OH is 1. The first kappa shape index (κ1) is 27.2. The van der Waals surface area contributed by atoms with E-state index in [1.807, 2.05) is 0 Å². The molecule has 0 bridgehead atoms. The van der Waals surface area contributed by atoms with Gasteiger partial charge < -0.3 is 0 Å². The minimum absolute atomic E-state index is 0.561. The molecule has 0 aliphatic rings. The van der Waals surface area contributed by atoms with Crippen LogP contribution in [0.4, 0.5) is 0 Å². The van der Waals surface area contributed by atoms with Gasteiger partial charge in [-0.15, -0.1) is 0 Å². The summed E-state index contributed by atoms with van der Waals surface area (Å²) in [5, 5.41) is 20.3. The molecule has 0 amide bonds. The monoisotopic (exact) mass is 492 g/mol. The summed E-state index contributed by atoms with van der Waals surface area (Å²) in [7, 11) is 0. The number of unbranched alkanes of at least 4 members (excludes halogenated alkanes) is 6. The molecule has 0 aliphatic carbocycles. The van der Waals surface area contributed by atoms with Crippen molar-refractivity contribution in [1.82, 2.24) is 0 Å². The van der Waals surface area contributed by atoms with E-state index in [-0.39, 0.29) is 0 Å². The SMILES string of the molecule is CCCCCCC(C(=O)O)C(O)C[CH2][Sn]([CH2]CCC)([CH2]CCC)[CH2]CCC. The van der Waals surface area contributed by atoms with Gasteiger partial charge in [0, 0.05) is 0 Å². The van der Waals surface area contributed by atoms with E-state index in [0.717, 1.165) is 32.1 Å². The van der Waals surface area contributed by atoms with Crippen molar-refractivity contribution in [2.24, 2.45) is 5.92 Å². The standard InChI is InChI=1S/C11H21O3.3C4H9.Sn/c1-3-5-6-7-8-9(11(13)14)10(12)4-2;3*1-3-4-2;/h9-10,12H,2-8H2,1H3,(H,13,14);3*1,3-4H2,2H3;. The van der Waals surface area contributed by atoms with Gasteiger partial charge in [-0.1, -0.05) is 0 Å². The third-order valence-electron chi connectivity index (χ3n) is 6.30. The van der Waals surface area contributed by atoms with Crippen molar-refractivity contribution in [2.75, 3.05) is 0 Å². The number of aliphatic hydroxyl groups is 1. The molecule has 2 N–H and O–H groups in total. The Balaban J connectivity index is 4.90. The molecule has 0 aromatic carbocycles. The fourth-order valence-electron chi connectivity index (χ4n) is 4.33. The van der Waals surface area contributed by atoms with Crippen LogP contribution in [0.5, 0.6) is 0 Å². The average molecular weight is 491 g/mol. The van der Waals surface area contributed by atoms with E-state index in [1.54, 1.807) is 0 Å². The van der Waals surface area contributed by atoms with Crippen LogP contribution in [0.2, 0.25) is 17.7 Å². The minimum atomic E-state index is -2.27. The Morgan fingerprint density at radius 2 is 1.19 bits per heavy atom. The second-order valence-corrected chi connectivity index (χ2v) is 23.0. The first-order chi connectivity index (χ1) is 13.0. The molecule has 27 heavy (non-hydrogen) atoms. The summed E-state index contributed by atoms with van der Waals surface area (Å²) in [4.78, 5) is 11.7. The second-order valence-electron chi connectivity index (χ2n) is 8.71. The third kappa shape index (κ3) is 12.4. The fourth-order valence-corrected chi connectivity index (χ4v) is 20.7. The van der Waals surface area contributed by atoms with E-state index >= 15 is 0 Å². The number of hydrogen-bond donors (Lipinski definition) is 2. The molecule has 0 rings (SSSR count). The zero-order valence-corrected chi connectivity index (χ0v) is 21.6. The Hall–Kier alpha value is 0.229. The molecule has 2 atom stereocenters. The van der Waals surface area contributed by atoms with Crippen molar-refractivity contribution in [1.29, 1.82) is 0 Å². The van der Waals surface area contributed by atoms with Gasteiger partial charge in [0.2, 0.25) is 0 Å². The first-order valence-electron chi connectivity index (χ1n) is 11.9. The maximum atomic E-state index is 11.7. The Morgan fingerprint density at radius 1 is 0.704 bits per heavy atom. The van der Waals surface area contributed by atoms with Gasteiger partial charge in [0.1, 0.15) is 0 Å². The summed E-state index contributed by atoms with van der Waals surface area (Å²) in [6.45, 7) is 9.00. The number of rotatable bonds is 19. The summed E-state index contributed by atoms with van der Waals surface area (Å²) in [6.07, 6.45) is 12.8. The van der Waals surface area contributed by atoms with Crippen molar-refractivity contribution in [3.05, 3.63) is 0 Å². The molecule has 2 unspecified atom stereocenters. The molecule has 4 heteroatoms. The Bertz CT molecular complexity index is 338. The molecule has 0 fully saturated rings. The van der Waals surface area contributed by atoms with Crippen molar-refractivity contribution >= 4 is 24.3 Å². The van der Waals surface area contributed by atoms with Crippen molar-refractivity contribution in [2.45, 2.75) is 129 Å². The molecular formula is C23H48O3Sn. The quantitative estimate of drug-likeness (QED) is 0.148. The number of carbonyl (C=O) groups is 1. The molecule has 0 aliphatic heterocycles. The van der Waals surface area contributed by atoms with Crippen LogP contribution >= 0.6 is 0 Å². The normalized spacial score (nSPS) is 14.3. The maximum absolute atomic E-state index is 11.7. The van der Waals surface area contributed by atoms with Crippen LogP contribution in [0.15, 0.2) is 0 Å². The predicted molar refractivity (Wildman–Crippen MR) is 120 cm³/mol. The van der Waals surface area contributed by atoms with Crippen molar-refractivity contribution < 1.29 is 15.0 Å². The molecule has 0 radical (unpaired) electrons. The summed E-state index contributed by atoms with van der Waals surface area (Å²) >= 11 is -2.27. The number of aliphatic carboxylic acids is 1. The zero-order chi connectivity index (χ0) is 20.5. The van der Waals surface area contributed by atoms with Gasteiger partial charge in [0.05, 0.1) is 0 Å². The van der Waals surface area contributed by atoms with Gasteiger partial charge in [-0.05, 0) is 0 Å². The Kier molecular flexibility index (Phi) is 17.3. The molecule has 162 valence electrons. The molecule has 0 saturated carbocycles. The molecule has 0 saturated heterocycles. The van der Waals surface area contributed by atoms with Crippen LogP contribution in [-0.2, 0) is 4.79 Å². The summed E-state index contributed by atoms with van der Waals surface area (Å²) < 4.78 is 5.50. The van der Waals surface area contributed by atoms with Gasteiger partial charge >= 0.3 is 174 Å². The van der Waals surface area contributed by atoms with Crippen LogP contribution in [-0.4, -0.2) is 40.7 Å². The van der Waals surface area contributed by atoms with Gasteiger partial charge in [-0.2, -0.15) is 0 Å². The van der Waals surface area contributed by atoms with Gasteiger partial charge in [-0.3, -0.25) is 0 Å². The number of hydrogen-bond acceptors (Lipinski definition) is 2. The Labute approximate surface area is 173 Å². The van der Waals surface area contributed by atoms with E-state index in [9.17, 15) is 15.0 Å². The number of carboxylic acid groups (broad SMARTS) is 1. The Morgan fingerprint density at radius 3 is 1.59 bits per heavy atom. The van der Waals surface area contributed by atoms with E-state index in [0.29, 0.717) is 6.42 Å². The first-order valence-corrected chi connectivity index (χ1v) is 19.9. The van der Waals surface area contributed by atoms with Gasteiger partial charge in [0.25, 0.3) is 0 Å². The predicted octanol–water partition coefficient (Wildman–Crippen LogP) is 7.26. The molecule has 0 aromatic rings. The van der Waals surface area contributed by atoms with Crippen molar-refractivity contribution in [3.8, 4) is 0 Å². The van der Waals surface area contributed by atoms with E-state index in [2.05, 4.69) is 27.7 Å². The molecule has 0 aromatic heterocycles. The number of carboxylic acids is 1. The van der Waals surface area contributed by atoms with E-state index < -0.39 is 36.4 Å². The van der Waals surface area contributed by atoms with Gasteiger partial charge in [0.15, 0.2) is 0 Å². The van der Waals surface area contributed by atoms with Crippen LogP contribution in [0, 0.1) is 5.92 Å². The topological polar surface area (TPSA) is 57.5 Å². The van der Waals surface area contributed by atoms with Crippen LogP contribution in [0.3, 0.4) is 0 Å². The van der Waals surface area contributed by atoms with E-state index in [4.69, 9.17) is 0 Å². The second kappa shape index (κ2) is 17.1. The van der Waals surface area contributed by atoms with Crippen molar-refractivity contribution in [3.63, 3.8) is 0 Å². The van der Waals surface area contributed by atoms with E-state index in [1.165, 1.54) is 56.3 Å². The molecular weight excluding hydrogens is 443 g/mol. The summed E-state index contributed by atoms with van der Waals surface area (Å²) in [5.41, 5.74) is 0. The van der Waals surface area contributed by atoms with Gasteiger partial charge in [-0.25, -0.2) is 0 Å². The molecule has 3 nitrogen and oxygen atoms in total. The fraction of sp³-hybridized carbons (Fsp3) is 0.957. The average Bonchev–Trinajstić information content (AvgIpc) is 2.66. The molecule has 0 spiro atoms. The van der Waals surface area contributed by atoms with Crippen LogP contribution in [0.1, 0.15) is 105 Å². The summed E-state index contributed by atoms with van der Waals surface area (Å²) in [5.74, 6) is -1.36. The third-order valence-corrected chi connectivity index (χ3v) is 22.3. The molecule has 0 heterocycles. The van der Waals surface area contributed by atoms with Crippen LogP contribution in [0.25, 0.3) is 0 Å². The zero-order valence-electron chi connectivity index (χ0n) is 18.8. The van der Waals surface area contributed by atoms with Crippen LogP contribution < -0.4 is 0 Å². The summed E-state index contributed by atoms with van der Waals surface area (Å²) in [6, 6.07) is 0.